The van der Waals surface area contributed by atoms with Gasteiger partial charge in [-0.1, -0.05) is 91.9 Å². The molecule has 2 saturated heterocycles. The lowest BCUT2D eigenvalue weighted by Crippen LogP contribution is -2.51. The zero-order chi connectivity index (χ0) is 52.4. The molecule has 12 rings (SSSR count). The highest BCUT2D eigenvalue weighted by molar-refractivity contribution is 7.98. The molecule has 2 aliphatic heterocycles. The van der Waals surface area contributed by atoms with Crippen molar-refractivity contribution in [2.45, 2.75) is 108 Å². The summed E-state index contributed by atoms with van der Waals surface area (Å²) in [4.78, 5) is 73.0. The molecule has 75 heavy (non-hydrogen) atoms. The van der Waals surface area contributed by atoms with Crippen LogP contribution in [0.2, 0.25) is 0 Å². The van der Waals surface area contributed by atoms with Crippen molar-refractivity contribution in [3.8, 4) is 44.8 Å². The van der Waals surface area contributed by atoms with Crippen molar-refractivity contribution in [3.05, 3.63) is 131 Å². The number of aryl methyl sites for hydroxylation is 2. The van der Waals surface area contributed by atoms with E-state index in [1.807, 2.05) is 34.7 Å². The third-order valence-electron chi connectivity index (χ3n) is 15.2. The van der Waals surface area contributed by atoms with E-state index in [-0.39, 0.29) is 29.8 Å². The first-order valence-electron chi connectivity index (χ1n) is 26.4. The van der Waals surface area contributed by atoms with E-state index in [0.717, 1.165) is 103 Å². The molecule has 16 heteroatoms. The maximum absolute atomic E-state index is 13.9. The van der Waals surface area contributed by atoms with Crippen molar-refractivity contribution in [1.82, 2.24) is 40.4 Å². The number of hydrogen-bond donors (Lipinski definition) is 4. The molecule has 5 atom stereocenters. The van der Waals surface area contributed by atoms with Crippen LogP contribution in [-0.2, 0) is 38.3 Å². The second-order valence-electron chi connectivity index (χ2n) is 20.0. The molecule has 2 aromatic heterocycles. The second-order valence-corrected chi connectivity index (χ2v) is 22.0. The highest BCUT2D eigenvalue weighted by Crippen LogP contribution is 2.38. The first kappa shape index (κ1) is 53.3. The molecule has 0 saturated carbocycles. The van der Waals surface area contributed by atoms with Gasteiger partial charge >= 0.3 is 12.2 Å². The molecular formula is C59H70N8O6S2. The van der Waals surface area contributed by atoms with Crippen molar-refractivity contribution in [1.29, 1.82) is 0 Å². The van der Waals surface area contributed by atoms with Crippen molar-refractivity contribution in [2.75, 3.05) is 51.3 Å². The molecule has 4 heterocycles. The number of benzene rings is 4. The average molecular weight is 1050 g/mol. The number of amides is 4. The molecule has 0 spiro atoms. The lowest BCUT2D eigenvalue weighted by molar-refractivity contribution is -0.138. The fraction of sp³-hybridized carbons (Fsp3) is 0.424. The van der Waals surface area contributed by atoms with E-state index >= 15 is 0 Å². The number of carbonyl (C=O) groups is 4. The number of piperidine rings is 2. The minimum absolute atomic E-state index is 0.103. The van der Waals surface area contributed by atoms with Gasteiger partial charge in [-0.25, -0.2) is 19.6 Å². The van der Waals surface area contributed by atoms with Crippen LogP contribution < -0.4 is 10.6 Å². The number of H-pyrrole nitrogens is 2. The van der Waals surface area contributed by atoms with Crippen LogP contribution in [0.15, 0.2) is 97.3 Å². The maximum atomic E-state index is 13.9. The minimum Gasteiger partial charge on any atom is -0.453 e. The summed E-state index contributed by atoms with van der Waals surface area (Å²) in [6.07, 6.45) is 15.7. The summed E-state index contributed by atoms with van der Waals surface area (Å²) in [7, 11) is 2.63. The van der Waals surface area contributed by atoms with Crippen LogP contribution in [0.25, 0.3) is 44.8 Å². The zero-order valence-electron chi connectivity index (χ0n) is 43.8. The lowest BCUT2D eigenvalue weighted by atomic mass is 9.84. The van der Waals surface area contributed by atoms with Crippen LogP contribution in [0, 0.1) is 0 Å². The number of aromatic nitrogens is 4. The number of rotatable bonds is 16. The van der Waals surface area contributed by atoms with Crippen LogP contribution in [0.1, 0.15) is 110 Å². The van der Waals surface area contributed by atoms with E-state index in [1.165, 1.54) is 58.7 Å². The van der Waals surface area contributed by atoms with Crippen LogP contribution in [0.5, 0.6) is 0 Å². The molecule has 4 bridgehead atoms. The molecule has 2 fully saturated rings. The van der Waals surface area contributed by atoms with Gasteiger partial charge in [-0.05, 0) is 145 Å². The SMILES string of the molecule is COC(=O)N[C@@H](CCSC)C(=O)N1CCCC[C@H]1c1nc(-c2ccc(-c3cc4ccc3CCc3ccc(c(-c5ccc(-c6c[nH]c([C@@H]7CCCCN7C(=O)[C@H](CCSC)NC(=O)OC)n6)cc5)c3)C[C@H]4C)cc2)c[nH]1. The average Bonchev–Trinajstić information content (AvgIpc) is 4.16. The van der Waals surface area contributed by atoms with Gasteiger partial charge in [-0.2, -0.15) is 23.5 Å². The first-order chi connectivity index (χ1) is 36.5. The number of alkyl carbamates (subject to hydrolysis) is 2. The smallest absolute Gasteiger partial charge is 0.407 e. The Hall–Kier alpha value is -6.52. The van der Waals surface area contributed by atoms with Gasteiger partial charge in [0.15, 0.2) is 0 Å². The Morgan fingerprint density at radius 1 is 0.627 bits per heavy atom. The van der Waals surface area contributed by atoms with Gasteiger partial charge in [-0.15, -0.1) is 0 Å². The molecular weight excluding hydrogens is 981 g/mol. The Labute approximate surface area is 449 Å². The molecule has 4 aromatic carbocycles. The third kappa shape index (κ3) is 12.4. The number of aromatic amines is 2. The summed E-state index contributed by atoms with van der Waals surface area (Å²) < 4.78 is 9.71. The molecule has 4 aliphatic carbocycles. The number of ether oxygens (including phenoxy) is 2. The highest BCUT2D eigenvalue weighted by Gasteiger charge is 2.36. The van der Waals surface area contributed by atoms with Gasteiger partial charge in [0.05, 0.1) is 37.7 Å². The number of nitrogens with zero attached hydrogens (tertiary/aromatic N) is 4. The zero-order valence-corrected chi connectivity index (χ0v) is 45.4. The number of methoxy groups -OCH3 is 2. The fourth-order valence-corrected chi connectivity index (χ4v) is 12.0. The quantitative estimate of drug-likeness (QED) is 0.0730. The standard InChI is InChI=1S/C59H70N8O6S2/c1-37-32-45-15-13-38(33-46(45)40-16-21-42(22-17-40)50-35-60-54(62-50)52-10-6-8-28-66(52)56(68)48(26-30-74-4)64-58(70)72-2)12-14-39-20-25-44(37)34-47(39)41-18-23-43(24-19-41)51-36-61-55(63-51)53-11-7-9-29-67(53)57(69)49(27-31-75-5)65-59(71)73-3/h13,15-25,33-37,48-49,52-53H,6-12,14,26-32H2,1-5H3,(H,60,62)(H,61,63)(H,64,70)(H,65,71)/t37-,48+,49+,52+,53+/m1/s1. The van der Waals surface area contributed by atoms with Crippen molar-refractivity contribution in [3.63, 3.8) is 0 Å². The number of imidazole rings is 2. The van der Waals surface area contributed by atoms with Crippen LogP contribution in [0.3, 0.4) is 0 Å². The predicted molar refractivity (Wildman–Crippen MR) is 300 cm³/mol. The number of likely N-dealkylation sites (tertiary alicyclic amines) is 2. The minimum atomic E-state index is -0.662. The van der Waals surface area contributed by atoms with E-state index < -0.39 is 24.3 Å². The molecule has 6 aromatic rings. The van der Waals surface area contributed by atoms with E-state index in [2.05, 4.69) is 112 Å². The summed E-state index contributed by atoms with van der Waals surface area (Å²) in [6.45, 7) is 3.54. The van der Waals surface area contributed by atoms with Gasteiger partial charge < -0.3 is 39.9 Å². The largest absolute Gasteiger partial charge is 0.453 e. The summed E-state index contributed by atoms with van der Waals surface area (Å²) in [5, 5.41) is 5.54. The molecule has 0 radical (unpaired) electrons. The Balaban J connectivity index is 0.888. The Kier molecular flexibility index (Phi) is 17.7. The van der Waals surface area contributed by atoms with E-state index in [9.17, 15) is 19.2 Å². The molecule has 394 valence electrons. The summed E-state index contributed by atoms with van der Waals surface area (Å²) in [6, 6.07) is 29.7. The van der Waals surface area contributed by atoms with Crippen molar-refractivity contribution < 1.29 is 28.7 Å². The van der Waals surface area contributed by atoms with Gasteiger partial charge in [-0.3, -0.25) is 9.59 Å². The number of nitrogens with one attached hydrogen (secondary N) is 4. The van der Waals surface area contributed by atoms with E-state index in [4.69, 9.17) is 19.4 Å². The Bertz CT molecular complexity index is 2940. The highest BCUT2D eigenvalue weighted by atomic mass is 32.2. The summed E-state index contributed by atoms with van der Waals surface area (Å²) >= 11 is 3.28. The Morgan fingerprint density at radius 3 is 1.60 bits per heavy atom. The third-order valence-corrected chi connectivity index (χ3v) is 16.5. The van der Waals surface area contributed by atoms with Crippen molar-refractivity contribution in [2.24, 2.45) is 0 Å². The predicted octanol–water partition coefficient (Wildman–Crippen LogP) is 11.3. The van der Waals surface area contributed by atoms with Gasteiger partial charge in [0.25, 0.3) is 0 Å². The number of thioether (sulfide) groups is 2. The van der Waals surface area contributed by atoms with Crippen molar-refractivity contribution >= 4 is 47.5 Å². The molecule has 4 amide bonds. The lowest BCUT2D eigenvalue weighted by Gasteiger charge is -2.36. The first-order valence-corrected chi connectivity index (χ1v) is 29.2. The van der Waals surface area contributed by atoms with E-state index in [1.54, 1.807) is 23.5 Å². The fourth-order valence-electron chi connectivity index (χ4n) is 11.0. The van der Waals surface area contributed by atoms with Gasteiger partial charge in [0.1, 0.15) is 23.7 Å². The number of hydrogen-bond acceptors (Lipinski definition) is 10. The van der Waals surface area contributed by atoms with Crippen LogP contribution >= 0.6 is 23.5 Å². The van der Waals surface area contributed by atoms with Crippen LogP contribution in [-0.4, -0.2) is 117 Å². The normalized spacial score (nSPS) is 18.4. The molecule has 4 N–H and O–H groups in total. The van der Waals surface area contributed by atoms with Crippen LogP contribution in [0.4, 0.5) is 9.59 Å². The molecule has 0 unspecified atom stereocenters. The second kappa shape index (κ2) is 24.9. The summed E-state index contributed by atoms with van der Waals surface area (Å²) in [5.74, 6) is 3.05. The van der Waals surface area contributed by atoms with Gasteiger partial charge in [0, 0.05) is 36.6 Å². The van der Waals surface area contributed by atoms with Gasteiger partial charge in [0.2, 0.25) is 11.8 Å². The number of carbonyl (C=O) groups excluding carboxylic acids is 4. The topological polar surface area (TPSA) is 175 Å². The Morgan fingerprint density at radius 2 is 1.11 bits per heavy atom. The van der Waals surface area contributed by atoms with E-state index in [0.29, 0.717) is 25.9 Å². The monoisotopic (exact) mass is 1050 g/mol. The maximum Gasteiger partial charge on any atom is 0.407 e. The summed E-state index contributed by atoms with van der Waals surface area (Å²) in [5.41, 5.74) is 13.7. The molecule has 14 nitrogen and oxygen atoms in total. The molecule has 6 aliphatic rings.